The number of hydrogen-bond acceptors (Lipinski definition) is 2. The molecule has 0 amide bonds. The minimum atomic E-state index is 0.314. The van der Waals surface area contributed by atoms with Gasteiger partial charge in [0.2, 0.25) is 0 Å². The first kappa shape index (κ1) is 19.5. The summed E-state index contributed by atoms with van der Waals surface area (Å²) < 4.78 is 0. The van der Waals surface area contributed by atoms with E-state index in [1.54, 1.807) is 5.56 Å². The van der Waals surface area contributed by atoms with Crippen molar-refractivity contribution >= 4 is 0 Å². The molecule has 150 valence electrons. The van der Waals surface area contributed by atoms with Gasteiger partial charge in [-0.3, -0.25) is 9.80 Å². The largest absolute Gasteiger partial charge is 0.298 e. The van der Waals surface area contributed by atoms with Gasteiger partial charge in [-0.1, -0.05) is 36.8 Å². The van der Waals surface area contributed by atoms with Crippen LogP contribution in [-0.4, -0.2) is 41.5 Å². The van der Waals surface area contributed by atoms with Crippen molar-refractivity contribution in [3.8, 4) is 0 Å². The van der Waals surface area contributed by atoms with Gasteiger partial charge in [-0.05, 0) is 109 Å². The van der Waals surface area contributed by atoms with Crippen LogP contribution in [-0.2, 0) is 5.54 Å². The van der Waals surface area contributed by atoms with E-state index in [4.69, 9.17) is 0 Å². The first-order valence-electron chi connectivity index (χ1n) is 11.5. The summed E-state index contributed by atoms with van der Waals surface area (Å²) in [5.41, 5.74) is 2.86. The summed E-state index contributed by atoms with van der Waals surface area (Å²) in [5, 5.41) is 0. The summed E-state index contributed by atoms with van der Waals surface area (Å²) in [6.45, 7) is 12.3. The molecule has 2 heteroatoms. The van der Waals surface area contributed by atoms with Gasteiger partial charge < -0.3 is 0 Å². The Morgan fingerprint density at radius 2 is 1.30 bits per heavy atom. The van der Waals surface area contributed by atoms with Gasteiger partial charge in [0.25, 0.3) is 0 Å². The van der Waals surface area contributed by atoms with Crippen molar-refractivity contribution in [2.45, 2.75) is 89.6 Å². The van der Waals surface area contributed by atoms with E-state index in [0.29, 0.717) is 16.5 Å². The fourth-order valence-electron chi connectivity index (χ4n) is 6.20. The minimum Gasteiger partial charge on any atom is -0.298 e. The summed E-state index contributed by atoms with van der Waals surface area (Å²) in [6, 6.07) is 11.5. The first-order chi connectivity index (χ1) is 12.9. The molecule has 0 N–H and O–H groups in total. The average Bonchev–Trinajstić information content (AvgIpc) is 2.70. The third-order valence-corrected chi connectivity index (χ3v) is 8.18. The Bertz CT molecular complexity index is 591. The van der Waals surface area contributed by atoms with Gasteiger partial charge in [-0.25, -0.2) is 0 Å². The Hall–Kier alpha value is -0.860. The van der Waals surface area contributed by atoms with E-state index in [0.717, 1.165) is 0 Å². The number of benzene rings is 1. The van der Waals surface area contributed by atoms with E-state index in [9.17, 15) is 0 Å². The van der Waals surface area contributed by atoms with Gasteiger partial charge in [-0.15, -0.1) is 0 Å². The Morgan fingerprint density at radius 3 is 1.85 bits per heavy atom. The van der Waals surface area contributed by atoms with Gasteiger partial charge in [0, 0.05) is 11.1 Å². The molecule has 2 heterocycles. The number of hydrogen-bond donors (Lipinski definition) is 0. The smallest absolute Gasteiger partial charge is 0.0461 e. The van der Waals surface area contributed by atoms with Crippen molar-refractivity contribution in [1.82, 2.24) is 9.80 Å². The zero-order chi connectivity index (χ0) is 19.0. The van der Waals surface area contributed by atoms with Crippen molar-refractivity contribution < 1.29 is 0 Å². The molecule has 1 aliphatic carbocycles. The van der Waals surface area contributed by atoms with E-state index in [1.165, 1.54) is 84.0 Å². The second kappa shape index (κ2) is 7.52. The van der Waals surface area contributed by atoms with Crippen molar-refractivity contribution in [3.63, 3.8) is 0 Å². The van der Waals surface area contributed by atoms with Crippen molar-refractivity contribution in [3.05, 3.63) is 35.9 Å². The summed E-state index contributed by atoms with van der Waals surface area (Å²) in [4.78, 5) is 5.59. The van der Waals surface area contributed by atoms with Crippen LogP contribution in [0.25, 0.3) is 0 Å². The maximum atomic E-state index is 2.88. The third kappa shape index (κ3) is 3.85. The van der Waals surface area contributed by atoms with Gasteiger partial charge in [0.15, 0.2) is 0 Å². The fourth-order valence-corrected chi connectivity index (χ4v) is 6.20. The maximum absolute atomic E-state index is 2.88. The van der Waals surface area contributed by atoms with Gasteiger partial charge in [0.1, 0.15) is 0 Å². The molecule has 0 unspecified atom stereocenters. The molecule has 0 atom stereocenters. The second-order valence-corrected chi connectivity index (χ2v) is 10.6. The highest BCUT2D eigenvalue weighted by molar-refractivity contribution is 5.26. The molecule has 2 saturated heterocycles. The molecule has 0 aromatic heterocycles. The highest BCUT2D eigenvalue weighted by Gasteiger charge is 2.48. The summed E-state index contributed by atoms with van der Waals surface area (Å²) >= 11 is 0. The van der Waals surface area contributed by atoms with Crippen molar-refractivity contribution in [2.75, 3.05) is 26.2 Å². The number of rotatable bonds is 2. The molecule has 3 aliphatic rings. The predicted molar refractivity (Wildman–Crippen MR) is 115 cm³/mol. The molecule has 4 rings (SSSR count). The summed E-state index contributed by atoms with van der Waals surface area (Å²) in [7, 11) is 0. The lowest BCUT2D eigenvalue weighted by Crippen LogP contribution is -2.54. The van der Waals surface area contributed by atoms with Gasteiger partial charge in [-0.2, -0.15) is 0 Å². The van der Waals surface area contributed by atoms with Crippen LogP contribution in [0, 0.1) is 5.41 Å². The molecule has 1 spiro atoms. The third-order valence-electron chi connectivity index (χ3n) is 8.18. The molecule has 2 aliphatic heterocycles. The van der Waals surface area contributed by atoms with Crippen LogP contribution in [0.1, 0.15) is 84.1 Å². The topological polar surface area (TPSA) is 6.48 Å². The molecule has 1 aromatic rings. The highest BCUT2D eigenvalue weighted by Crippen LogP contribution is 2.53. The molecule has 2 nitrogen and oxygen atoms in total. The van der Waals surface area contributed by atoms with Crippen molar-refractivity contribution in [2.24, 2.45) is 5.41 Å². The number of likely N-dealkylation sites (tertiary alicyclic amines) is 2. The molecule has 27 heavy (non-hydrogen) atoms. The first-order valence-corrected chi connectivity index (χ1v) is 11.5. The van der Waals surface area contributed by atoms with E-state index < -0.39 is 0 Å². The molecule has 0 radical (unpaired) electrons. The van der Waals surface area contributed by atoms with Crippen LogP contribution in [0.15, 0.2) is 30.3 Å². The van der Waals surface area contributed by atoms with Crippen LogP contribution >= 0.6 is 0 Å². The molecule has 3 fully saturated rings. The Balaban J connectivity index is 1.50. The second-order valence-electron chi connectivity index (χ2n) is 10.6. The molecular weight excluding hydrogens is 328 g/mol. The lowest BCUT2D eigenvalue weighted by atomic mass is 9.61. The minimum absolute atomic E-state index is 0.314. The fraction of sp³-hybridized carbons (Fsp3) is 0.760. The standard InChI is InChI=1S/C25H40N2/c1-23(2,3)26-20-16-24(17-21-26)12-14-25(15-13-24,22-10-6-4-7-11-22)27-18-8-5-9-19-27/h4,6-7,10-11H,5,8-9,12-21H2,1-3H3. The Labute approximate surface area is 167 Å². The lowest BCUT2D eigenvalue weighted by Gasteiger charge is -2.55. The molecule has 1 aromatic carbocycles. The van der Waals surface area contributed by atoms with Crippen LogP contribution in [0.4, 0.5) is 0 Å². The predicted octanol–water partition coefficient (Wildman–Crippen LogP) is 5.82. The summed E-state index contributed by atoms with van der Waals surface area (Å²) in [6.07, 6.45) is 12.6. The monoisotopic (exact) mass is 368 g/mol. The Morgan fingerprint density at radius 1 is 0.704 bits per heavy atom. The quantitative estimate of drug-likeness (QED) is 0.649. The van der Waals surface area contributed by atoms with Crippen LogP contribution in [0.5, 0.6) is 0 Å². The van der Waals surface area contributed by atoms with Crippen LogP contribution in [0.2, 0.25) is 0 Å². The Kier molecular flexibility index (Phi) is 5.42. The zero-order valence-corrected chi connectivity index (χ0v) is 18.0. The normalized spacial score (nSPS) is 26.9. The zero-order valence-electron chi connectivity index (χ0n) is 18.0. The van der Waals surface area contributed by atoms with Crippen LogP contribution in [0.3, 0.4) is 0 Å². The van der Waals surface area contributed by atoms with Gasteiger partial charge in [0.05, 0.1) is 0 Å². The number of piperidine rings is 2. The summed E-state index contributed by atoms with van der Waals surface area (Å²) in [5.74, 6) is 0. The highest BCUT2D eigenvalue weighted by atomic mass is 15.2. The lowest BCUT2D eigenvalue weighted by molar-refractivity contribution is -0.0408. The molecule has 1 saturated carbocycles. The molecule has 0 bridgehead atoms. The molecular formula is C25H40N2. The van der Waals surface area contributed by atoms with E-state index in [-0.39, 0.29) is 0 Å². The average molecular weight is 369 g/mol. The van der Waals surface area contributed by atoms with Gasteiger partial charge >= 0.3 is 0 Å². The van der Waals surface area contributed by atoms with E-state index in [2.05, 4.69) is 60.9 Å². The van der Waals surface area contributed by atoms with E-state index in [1.807, 2.05) is 0 Å². The SMILES string of the molecule is CC(C)(C)N1CCC2(CC1)CCC(c1ccccc1)(N1CCCCC1)CC2. The maximum Gasteiger partial charge on any atom is 0.0461 e. The van der Waals surface area contributed by atoms with Crippen molar-refractivity contribution in [1.29, 1.82) is 0 Å². The van der Waals surface area contributed by atoms with Crippen LogP contribution < -0.4 is 0 Å². The van der Waals surface area contributed by atoms with E-state index >= 15 is 0 Å². The number of nitrogens with zero attached hydrogens (tertiary/aromatic N) is 2.